The zero-order chi connectivity index (χ0) is 14.3. The molecule has 0 spiro atoms. The van der Waals surface area contributed by atoms with Crippen LogP contribution in [0.1, 0.15) is 18.5 Å². The third kappa shape index (κ3) is 6.77. The number of hydrogen-bond donors (Lipinski definition) is 2. The van der Waals surface area contributed by atoms with Crippen LogP contribution >= 0.6 is 35.6 Å². The van der Waals surface area contributed by atoms with Crippen molar-refractivity contribution in [2.45, 2.75) is 13.0 Å². The molecule has 20 heavy (non-hydrogen) atoms. The van der Waals surface area contributed by atoms with Gasteiger partial charge in [0.1, 0.15) is 0 Å². The van der Waals surface area contributed by atoms with Crippen molar-refractivity contribution in [3.8, 4) is 0 Å². The third-order valence-electron chi connectivity index (χ3n) is 2.59. The molecule has 0 bridgehead atoms. The number of carbonyl (C=O) groups is 1. The van der Waals surface area contributed by atoms with Gasteiger partial charge in [-0.15, -0.1) is 12.4 Å². The summed E-state index contributed by atoms with van der Waals surface area (Å²) in [5.41, 5.74) is 0.916. The van der Waals surface area contributed by atoms with E-state index in [1.165, 1.54) is 0 Å². The molecule has 0 aromatic heterocycles. The summed E-state index contributed by atoms with van der Waals surface area (Å²) >= 11 is 11.8. The molecule has 0 saturated carbocycles. The van der Waals surface area contributed by atoms with Crippen LogP contribution in [0.5, 0.6) is 0 Å². The first-order chi connectivity index (χ1) is 9.04. The minimum Gasteiger partial charge on any atom is -0.383 e. The summed E-state index contributed by atoms with van der Waals surface area (Å²) in [6, 6.07) is 5.20. The molecule has 2 N–H and O–H groups in total. The number of methoxy groups -OCH3 is 1. The van der Waals surface area contributed by atoms with E-state index in [0.717, 1.165) is 5.56 Å². The Hall–Kier alpha value is -0.520. The number of benzene rings is 1. The summed E-state index contributed by atoms with van der Waals surface area (Å²) < 4.78 is 4.88. The second kappa shape index (κ2) is 10.2. The number of amides is 1. The van der Waals surface area contributed by atoms with E-state index < -0.39 is 0 Å². The van der Waals surface area contributed by atoms with Crippen molar-refractivity contribution in [1.29, 1.82) is 0 Å². The van der Waals surface area contributed by atoms with Gasteiger partial charge in [-0.3, -0.25) is 4.79 Å². The predicted molar refractivity (Wildman–Crippen MR) is 85.0 cm³/mol. The van der Waals surface area contributed by atoms with Crippen molar-refractivity contribution in [3.05, 3.63) is 33.8 Å². The lowest BCUT2D eigenvalue weighted by Crippen LogP contribution is -2.36. The van der Waals surface area contributed by atoms with Crippen molar-refractivity contribution < 1.29 is 9.53 Å². The highest BCUT2D eigenvalue weighted by molar-refractivity contribution is 6.42. The fourth-order valence-corrected chi connectivity index (χ4v) is 1.84. The molecular formula is C13H19Cl3N2O2. The lowest BCUT2D eigenvalue weighted by Gasteiger charge is -2.15. The van der Waals surface area contributed by atoms with E-state index >= 15 is 0 Å². The number of carbonyl (C=O) groups excluding carboxylic acids is 1. The maximum atomic E-state index is 11.7. The van der Waals surface area contributed by atoms with Gasteiger partial charge in [-0.05, 0) is 24.6 Å². The first-order valence-electron chi connectivity index (χ1n) is 5.98. The Bertz CT molecular complexity index is 430. The monoisotopic (exact) mass is 340 g/mol. The molecule has 4 nitrogen and oxygen atoms in total. The number of halogens is 3. The topological polar surface area (TPSA) is 50.4 Å². The standard InChI is InChI=1S/C13H18Cl2N2O2.ClH/c1-9(10-3-4-11(14)12(15)7-10)17-13(18)8-16-5-6-19-2;/h3-4,7,9,16H,5-6,8H2,1-2H3,(H,17,18);1H. The zero-order valence-electron chi connectivity index (χ0n) is 11.4. The Kier molecular flexibility index (Phi) is 9.98. The quantitative estimate of drug-likeness (QED) is 0.750. The van der Waals surface area contributed by atoms with Gasteiger partial charge in [-0.25, -0.2) is 0 Å². The molecule has 1 unspecified atom stereocenters. The molecule has 114 valence electrons. The second-order valence-corrected chi connectivity index (χ2v) is 4.95. The molecule has 0 aliphatic carbocycles. The third-order valence-corrected chi connectivity index (χ3v) is 3.33. The molecule has 1 amide bonds. The van der Waals surface area contributed by atoms with Crippen LogP contribution in [0.4, 0.5) is 0 Å². The summed E-state index contributed by atoms with van der Waals surface area (Å²) in [6.45, 7) is 3.38. The normalized spacial score (nSPS) is 11.6. The van der Waals surface area contributed by atoms with Gasteiger partial charge in [-0.2, -0.15) is 0 Å². The number of ether oxygens (including phenoxy) is 1. The molecule has 0 saturated heterocycles. The Labute approximate surface area is 135 Å². The maximum Gasteiger partial charge on any atom is 0.234 e. The summed E-state index contributed by atoms with van der Waals surface area (Å²) in [5.74, 6) is -0.0744. The Morgan fingerprint density at radius 2 is 2.05 bits per heavy atom. The van der Waals surface area contributed by atoms with Crippen LogP contribution < -0.4 is 10.6 Å². The van der Waals surface area contributed by atoms with E-state index in [4.69, 9.17) is 27.9 Å². The predicted octanol–water partition coefficient (Wildman–Crippen LogP) is 2.83. The zero-order valence-corrected chi connectivity index (χ0v) is 13.7. The fourth-order valence-electron chi connectivity index (χ4n) is 1.53. The SMILES string of the molecule is COCCNCC(=O)NC(C)c1ccc(Cl)c(Cl)c1.Cl. The van der Waals surface area contributed by atoms with Crippen molar-refractivity contribution in [2.24, 2.45) is 0 Å². The average Bonchev–Trinajstić information content (AvgIpc) is 2.38. The van der Waals surface area contributed by atoms with Gasteiger partial charge in [0, 0.05) is 13.7 Å². The Balaban J connectivity index is 0.00000361. The molecule has 1 rings (SSSR count). The van der Waals surface area contributed by atoms with Crippen molar-refractivity contribution in [2.75, 3.05) is 26.8 Å². The average molecular weight is 342 g/mol. The molecule has 0 heterocycles. The van der Waals surface area contributed by atoms with Crippen molar-refractivity contribution in [1.82, 2.24) is 10.6 Å². The van der Waals surface area contributed by atoms with E-state index in [1.807, 2.05) is 13.0 Å². The van der Waals surface area contributed by atoms with Crippen LogP contribution in [0.25, 0.3) is 0 Å². The van der Waals surface area contributed by atoms with E-state index in [-0.39, 0.29) is 30.9 Å². The van der Waals surface area contributed by atoms with Crippen LogP contribution in [0.15, 0.2) is 18.2 Å². The first-order valence-corrected chi connectivity index (χ1v) is 6.74. The summed E-state index contributed by atoms with van der Waals surface area (Å²) in [4.78, 5) is 11.7. The Morgan fingerprint density at radius 3 is 2.65 bits per heavy atom. The van der Waals surface area contributed by atoms with E-state index in [1.54, 1.807) is 19.2 Å². The first kappa shape index (κ1) is 19.5. The van der Waals surface area contributed by atoms with Crippen molar-refractivity contribution >= 4 is 41.5 Å². The minimum absolute atomic E-state index is 0. The summed E-state index contributed by atoms with van der Waals surface area (Å²) in [7, 11) is 1.62. The van der Waals surface area contributed by atoms with Crippen LogP contribution in [-0.4, -0.2) is 32.7 Å². The summed E-state index contributed by atoms with van der Waals surface area (Å²) in [6.07, 6.45) is 0. The molecule has 0 fully saturated rings. The largest absolute Gasteiger partial charge is 0.383 e. The van der Waals surface area contributed by atoms with E-state index in [2.05, 4.69) is 10.6 Å². The van der Waals surface area contributed by atoms with Crippen LogP contribution in [-0.2, 0) is 9.53 Å². The number of nitrogens with one attached hydrogen (secondary N) is 2. The molecule has 7 heteroatoms. The van der Waals surface area contributed by atoms with Gasteiger partial charge in [0.05, 0.1) is 29.2 Å². The Morgan fingerprint density at radius 1 is 1.35 bits per heavy atom. The van der Waals surface area contributed by atoms with Crippen LogP contribution in [0.3, 0.4) is 0 Å². The van der Waals surface area contributed by atoms with Gasteiger partial charge in [0.2, 0.25) is 5.91 Å². The highest BCUT2D eigenvalue weighted by atomic mass is 35.5. The van der Waals surface area contributed by atoms with E-state index in [9.17, 15) is 4.79 Å². The van der Waals surface area contributed by atoms with Gasteiger partial charge < -0.3 is 15.4 Å². The lowest BCUT2D eigenvalue weighted by atomic mass is 10.1. The molecule has 1 atom stereocenters. The minimum atomic E-state index is -0.119. The fraction of sp³-hybridized carbons (Fsp3) is 0.462. The van der Waals surface area contributed by atoms with Gasteiger partial charge >= 0.3 is 0 Å². The van der Waals surface area contributed by atoms with Gasteiger partial charge in [-0.1, -0.05) is 29.3 Å². The van der Waals surface area contributed by atoms with Crippen LogP contribution in [0, 0.1) is 0 Å². The van der Waals surface area contributed by atoms with Crippen molar-refractivity contribution in [3.63, 3.8) is 0 Å². The molecule has 0 aliphatic rings. The lowest BCUT2D eigenvalue weighted by molar-refractivity contribution is -0.120. The second-order valence-electron chi connectivity index (χ2n) is 4.13. The summed E-state index contributed by atoms with van der Waals surface area (Å²) in [5, 5.41) is 6.84. The highest BCUT2D eigenvalue weighted by Crippen LogP contribution is 2.25. The molecule has 0 radical (unpaired) electrons. The van der Waals surface area contributed by atoms with Gasteiger partial charge in [0.25, 0.3) is 0 Å². The maximum absolute atomic E-state index is 11.7. The number of rotatable bonds is 7. The van der Waals surface area contributed by atoms with E-state index in [0.29, 0.717) is 23.2 Å². The number of hydrogen-bond acceptors (Lipinski definition) is 3. The molecular weight excluding hydrogens is 323 g/mol. The van der Waals surface area contributed by atoms with Crippen LogP contribution in [0.2, 0.25) is 10.0 Å². The molecule has 0 aliphatic heterocycles. The molecule has 1 aromatic rings. The smallest absolute Gasteiger partial charge is 0.234 e. The van der Waals surface area contributed by atoms with Gasteiger partial charge in [0.15, 0.2) is 0 Å². The highest BCUT2D eigenvalue weighted by Gasteiger charge is 2.10. The molecule has 1 aromatic carbocycles.